The van der Waals surface area contributed by atoms with Crippen molar-refractivity contribution in [2.75, 3.05) is 11.9 Å². The molecule has 0 spiro atoms. The molecule has 0 unspecified atom stereocenters. The number of non-ortho nitro benzene ring substituents is 1. The van der Waals surface area contributed by atoms with E-state index in [4.69, 9.17) is 4.74 Å². The summed E-state index contributed by atoms with van der Waals surface area (Å²) in [6, 6.07) is 12.9. The SMILES string of the molecule is CCOC(=O)c1cnn(-c2cccc(NC(=O)Cc3ccc([N+](=O)[O-])cc3)c2)c1C. The van der Waals surface area contributed by atoms with Crippen LogP contribution in [0.25, 0.3) is 5.69 Å². The summed E-state index contributed by atoms with van der Waals surface area (Å²) in [6.45, 7) is 3.78. The van der Waals surface area contributed by atoms with Crippen LogP contribution in [0.1, 0.15) is 28.5 Å². The average Bonchev–Trinajstić information content (AvgIpc) is 3.10. The third-order valence-corrected chi connectivity index (χ3v) is 4.39. The van der Waals surface area contributed by atoms with Crippen molar-refractivity contribution < 1.29 is 19.2 Å². The number of nitro benzene ring substituents is 1. The maximum atomic E-state index is 12.4. The Morgan fingerprint density at radius 3 is 2.60 bits per heavy atom. The smallest absolute Gasteiger partial charge is 0.341 e. The number of hydrogen-bond acceptors (Lipinski definition) is 6. The highest BCUT2D eigenvalue weighted by atomic mass is 16.6. The molecule has 0 saturated heterocycles. The fourth-order valence-corrected chi connectivity index (χ4v) is 2.92. The lowest BCUT2D eigenvalue weighted by Crippen LogP contribution is -2.14. The highest BCUT2D eigenvalue weighted by molar-refractivity contribution is 5.92. The molecule has 1 aromatic heterocycles. The van der Waals surface area contributed by atoms with Gasteiger partial charge < -0.3 is 10.1 Å². The number of anilines is 1. The van der Waals surface area contributed by atoms with E-state index in [0.29, 0.717) is 28.2 Å². The molecule has 9 nitrogen and oxygen atoms in total. The molecule has 0 bridgehead atoms. The second kappa shape index (κ2) is 8.99. The highest BCUT2D eigenvalue weighted by Crippen LogP contribution is 2.19. The van der Waals surface area contributed by atoms with Crippen LogP contribution >= 0.6 is 0 Å². The summed E-state index contributed by atoms with van der Waals surface area (Å²) in [5.74, 6) is -0.695. The fraction of sp³-hybridized carbons (Fsp3) is 0.190. The predicted molar refractivity (Wildman–Crippen MR) is 110 cm³/mol. The van der Waals surface area contributed by atoms with Crippen LogP contribution in [0.4, 0.5) is 11.4 Å². The average molecular weight is 408 g/mol. The minimum atomic E-state index is -0.486. The second-order valence-electron chi connectivity index (χ2n) is 6.47. The van der Waals surface area contributed by atoms with E-state index in [1.165, 1.54) is 18.3 Å². The first-order valence-corrected chi connectivity index (χ1v) is 9.24. The van der Waals surface area contributed by atoms with Gasteiger partial charge in [0.25, 0.3) is 5.69 Å². The molecule has 0 atom stereocenters. The van der Waals surface area contributed by atoms with Crippen LogP contribution in [-0.4, -0.2) is 33.2 Å². The molecule has 1 heterocycles. The zero-order valence-electron chi connectivity index (χ0n) is 16.5. The minimum Gasteiger partial charge on any atom is -0.462 e. The molecule has 30 heavy (non-hydrogen) atoms. The van der Waals surface area contributed by atoms with Gasteiger partial charge in [0, 0.05) is 17.8 Å². The minimum absolute atomic E-state index is 0.0244. The number of carbonyl (C=O) groups is 2. The summed E-state index contributed by atoms with van der Waals surface area (Å²) in [5, 5.41) is 17.8. The predicted octanol–water partition coefficient (Wildman–Crippen LogP) is 3.45. The zero-order chi connectivity index (χ0) is 21.7. The van der Waals surface area contributed by atoms with E-state index >= 15 is 0 Å². The van der Waals surface area contributed by atoms with E-state index in [1.807, 2.05) is 0 Å². The van der Waals surface area contributed by atoms with Gasteiger partial charge in [-0.15, -0.1) is 0 Å². The molecule has 154 valence electrons. The number of benzene rings is 2. The van der Waals surface area contributed by atoms with Gasteiger partial charge in [-0.2, -0.15) is 5.10 Å². The lowest BCUT2D eigenvalue weighted by molar-refractivity contribution is -0.384. The van der Waals surface area contributed by atoms with E-state index < -0.39 is 10.9 Å². The van der Waals surface area contributed by atoms with Crippen molar-refractivity contribution >= 4 is 23.3 Å². The van der Waals surface area contributed by atoms with Crippen LogP contribution in [0.5, 0.6) is 0 Å². The van der Waals surface area contributed by atoms with Gasteiger partial charge >= 0.3 is 5.97 Å². The number of nitro groups is 1. The van der Waals surface area contributed by atoms with Crippen molar-refractivity contribution in [1.82, 2.24) is 9.78 Å². The lowest BCUT2D eigenvalue weighted by Gasteiger charge is -2.09. The molecule has 1 N–H and O–H groups in total. The van der Waals surface area contributed by atoms with Crippen molar-refractivity contribution in [1.29, 1.82) is 0 Å². The molecule has 0 radical (unpaired) electrons. The van der Waals surface area contributed by atoms with Crippen LogP contribution < -0.4 is 5.32 Å². The number of carbonyl (C=O) groups excluding carboxylic acids is 2. The lowest BCUT2D eigenvalue weighted by atomic mass is 10.1. The van der Waals surface area contributed by atoms with E-state index in [9.17, 15) is 19.7 Å². The van der Waals surface area contributed by atoms with E-state index in [0.717, 1.165) is 0 Å². The van der Waals surface area contributed by atoms with Gasteiger partial charge in [0.1, 0.15) is 5.56 Å². The number of ether oxygens (including phenoxy) is 1. The number of hydrogen-bond donors (Lipinski definition) is 1. The summed E-state index contributed by atoms with van der Waals surface area (Å²) in [6.07, 6.45) is 1.53. The molecule has 0 saturated carbocycles. The maximum absolute atomic E-state index is 12.4. The van der Waals surface area contributed by atoms with Gasteiger partial charge in [0.05, 0.1) is 35.5 Å². The molecule has 3 rings (SSSR count). The Morgan fingerprint density at radius 1 is 1.20 bits per heavy atom. The van der Waals surface area contributed by atoms with Crippen LogP contribution in [0, 0.1) is 17.0 Å². The number of rotatable bonds is 7. The topological polar surface area (TPSA) is 116 Å². The van der Waals surface area contributed by atoms with Crippen molar-refractivity contribution in [3.63, 3.8) is 0 Å². The third-order valence-electron chi connectivity index (χ3n) is 4.39. The van der Waals surface area contributed by atoms with Gasteiger partial charge in [-0.05, 0) is 37.6 Å². The highest BCUT2D eigenvalue weighted by Gasteiger charge is 2.16. The van der Waals surface area contributed by atoms with Gasteiger partial charge in [-0.25, -0.2) is 9.48 Å². The molecule has 3 aromatic rings. The fourth-order valence-electron chi connectivity index (χ4n) is 2.92. The molecule has 0 aliphatic carbocycles. The number of amides is 1. The summed E-state index contributed by atoms with van der Waals surface area (Å²) in [5.41, 5.74) is 2.88. The van der Waals surface area contributed by atoms with Gasteiger partial charge in [0.2, 0.25) is 5.91 Å². The summed E-state index contributed by atoms with van der Waals surface area (Å²) < 4.78 is 6.62. The van der Waals surface area contributed by atoms with Crippen LogP contribution in [-0.2, 0) is 16.0 Å². The number of esters is 1. The Morgan fingerprint density at radius 2 is 1.93 bits per heavy atom. The first-order chi connectivity index (χ1) is 14.4. The number of nitrogens with one attached hydrogen (secondary N) is 1. The van der Waals surface area contributed by atoms with Crippen molar-refractivity contribution in [3.05, 3.63) is 81.7 Å². The number of nitrogens with zero attached hydrogens (tertiary/aromatic N) is 3. The van der Waals surface area contributed by atoms with Crippen molar-refractivity contribution in [2.45, 2.75) is 20.3 Å². The summed E-state index contributed by atoms with van der Waals surface area (Å²) in [4.78, 5) is 34.6. The molecule has 2 aromatic carbocycles. The van der Waals surface area contributed by atoms with Crippen LogP contribution in [0.15, 0.2) is 54.7 Å². The van der Waals surface area contributed by atoms with Crippen LogP contribution in [0.3, 0.4) is 0 Å². The molecule has 9 heteroatoms. The third kappa shape index (κ3) is 4.69. The van der Waals surface area contributed by atoms with Gasteiger partial charge in [-0.1, -0.05) is 18.2 Å². The quantitative estimate of drug-likeness (QED) is 0.364. The Hall–Kier alpha value is -4.01. The molecular formula is C21H20N4O5. The van der Waals surface area contributed by atoms with Gasteiger partial charge in [0.15, 0.2) is 0 Å². The Kier molecular flexibility index (Phi) is 6.21. The Bertz CT molecular complexity index is 1090. The van der Waals surface area contributed by atoms with Crippen molar-refractivity contribution in [2.24, 2.45) is 0 Å². The van der Waals surface area contributed by atoms with E-state index in [-0.39, 0.29) is 24.6 Å². The van der Waals surface area contributed by atoms with Crippen molar-refractivity contribution in [3.8, 4) is 5.69 Å². The van der Waals surface area contributed by atoms with Crippen LogP contribution in [0.2, 0.25) is 0 Å². The summed E-state index contributed by atoms with van der Waals surface area (Å²) in [7, 11) is 0. The molecular weight excluding hydrogens is 388 g/mol. The number of aromatic nitrogens is 2. The molecule has 1 amide bonds. The van der Waals surface area contributed by atoms with Gasteiger partial charge in [-0.3, -0.25) is 14.9 Å². The standard InChI is InChI=1S/C21H20N4O5/c1-3-30-21(27)19-13-22-24(14(19)2)18-6-4-5-16(12-18)23-20(26)11-15-7-9-17(10-8-15)25(28)29/h4-10,12-13H,3,11H2,1-2H3,(H,23,26). The summed E-state index contributed by atoms with van der Waals surface area (Å²) >= 11 is 0. The molecule has 0 aliphatic heterocycles. The molecule has 0 aliphatic rings. The Balaban J connectivity index is 1.72. The first-order valence-electron chi connectivity index (χ1n) is 9.24. The second-order valence-corrected chi connectivity index (χ2v) is 6.47. The zero-order valence-corrected chi connectivity index (χ0v) is 16.5. The normalized spacial score (nSPS) is 10.5. The van der Waals surface area contributed by atoms with E-state index in [1.54, 1.807) is 54.9 Å². The first kappa shape index (κ1) is 20.7. The van der Waals surface area contributed by atoms with E-state index in [2.05, 4.69) is 10.4 Å². The molecule has 0 fully saturated rings. The Labute approximate surface area is 172 Å². The largest absolute Gasteiger partial charge is 0.462 e. The monoisotopic (exact) mass is 408 g/mol. The maximum Gasteiger partial charge on any atom is 0.341 e.